The summed E-state index contributed by atoms with van der Waals surface area (Å²) in [5.74, 6) is -1.23. The minimum atomic E-state index is -0.964. The minimum absolute atomic E-state index is 0.0793. The Morgan fingerprint density at radius 3 is 2.61 bits per heavy atom. The SMILES string of the molecule is Cc1ccc(C(=O)NC(C(=O)O)C2CC2)c(Br)c1. The van der Waals surface area contributed by atoms with Gasteiger partial charge in [0.25, 0.3) is 5.91 Å². The van der Waals surface area contributed by atoms with Crippen molar-refractivity contribution in [2.24, 2.45) is 5.92 Å². The van der Waals surface area contributed by atoms with Crippen LogP contribution in [0.15, 0.2) is 22.7 Å². The van der Waals surface area contributed by atoms with Crippen LogP contribution < -0.4 is 5.32 Å². The van der Waals surface area contributed by atoms with Gasteiger partial charge in [-0.3, -0.25) is 4.79 Å². The van der Waals surface area contributed by atoms with Gasteiger partial charge < -0.3 is 10.4 Å². The Labute approximate surface area is 114 Å². The van der Waals surface area contributed by atoms with Gasteiger partial charge in [0, 0.05) is 4.47 Å². The van der Waals surface area contributed by atoms with Gasteiger partial charge >= 0.3 is 5.97 Å². The van der Waals surface area contributed by atoms with E-state index in [9.17, 15) is 9.59 Å². The molecule has 0 saturated heterocycles. The summed E-state index contributed by atoms with van der Waals surface area (Å²) in [7, 11) is 0. The molecule has 0 spiro atoms. The molecule has 0 aromatic heterocycles. The third-order valence-corrected chi connectivity index (χ3v) is 3.67. The second-order valence-corrected chi connectivity index (χ2v) is 5.46. The molecule has 4 nitrogen and oxygen atoms in total. The van der Waals surface area contributed by atoms with Crippen LogP contribution in [-0.4, -0.2) is 23.0 Å². The largest absolute Gasteiger partial charge is 0.480 e. The van der Waals surface area contributed by atoms with Gasteiger partial charge in [-0.2, -0.15) is 0 Å². The summed E-state index contributed by atoms with van der Waals surface area (Å²) in [6.45, 7) is 1.93. The second-order valence-electron chi connectivity index (χ2n) is 4.61. The van der Waals surface area contributed by atoms with Crippen molar-refractivity contribution < 1.29 is 14.7 Å². The second kappa shape index (κ2) is 5.10. The molecule has 96 valence electrons. The highest BCUT2D eigenvalue weighted by molar-refractivity contribution is 9.10. The minimum Gasteiger partial charge on any atom is -0.480 e. The number of carboxylic acid groups (broad SMARTS) is 1. The van der Waals surface area contributed by atoms with Crippen LogP contribution in [0.2, 0.25) is 0 Å². The zero-order valence-corrected chi connectivity index (χ0v) is 11.5. The molecule has 1 aliphatic rings. The van der Waals surface area contributed by atoms with E-state index in [-0.39, 0.29) is 11.8 Å². The molecule has 0 heterocycles. The third-order valence-electron chi connectivity index (χ3n) is 3.02. The fourth-order valence-corrected chi connectivity index (χ4v) is 2.51. The van der Waals surface area contributed by atoms with Crippen molar-refractivity contribution in [3.63, 3.8) is 0 Å². The summed E-state index contributed by atoms with van der Waals surface area (Å²) in [6.07, 6.45) is 1.73. The zero-order valence-electron chi connectivity index (χ0n) is 9.94. The highest BCUT2D eigenvalue weighted by Gasteiger charge is 2.37. The Balaban J connectivity index is 2.13. The quantitative estimate of drug-likeness (QED) is 0.897. The fraction of sp³-hybridized carbons (Fsp3) is 0.385. The number of benzene rings is 1. The molecule has 18 heavy (non-hydrogen) atoms. The van der Waals surface area contributed by atoms with Crippen LogP contribution in [0.1, 0.15) is 28.8 Å². The number of hydrogen-bond acceptors (Lipinski definition) is 2. The van der Waals surface area contributed by atoms with Gasteiger partial charge in [0.2, 0.25) is 0 Å². The summed E-state index contributed by atoms with van der Waals surface area (Å²) in [5.41, 5.74) is 1.50. The van der Waals surface area contributed by atoms with E-state index in [4.69, 9.17) is 5.11 Å². The number of carboxylic acids is 1. The molecule has 1 aromatic carbocycles. The molecule has 0 bridgehead atoms. The van der Waals surface area contributed by atoms with Gasteiger partial charge in [-0.25, -0.2) is 4.79 Å². The molecule has 1 saturated carbocycles. The van der Waals surface area contributed by atoms with Crippen molar-refractivity contribution in [2.75, 3.05) is 0 Å². The topological polar surface area (TPSA) is 66.4 Å². The van der Waals surface area contributed by atoms with Crippen molar-refractivity contribution in [2.45, 2.75) is 25.8 Å². The van der Waals surface area contributed by atoms with E-state index in [1.807, 2.05) is 19.1 Å². The maximum atomic E-state index is 12.0. The third kappa shape index (κ3) is 2.90. The standard InChI is InChI=1S/C13H14BrNO3/c1-7-2-5-9(10(14)6-7)12(16)15-11(13(17)18)8-3-4-8/h2,5-6,8,11H,3-4H2,1H3,(H,15,16)(H,17,18). The first kappa shape index (κ1) is 13.1. The van der Waals surface area contributed by atoms with Crippen LogP contribution in [-0.2, 0) is 4.79 Å². The summed E-state index contributed by atoms with van der Waals surface area (Å²) in [4.78, 5) is 23.1. The van der Waals surface area contributed by atoms with E-state index in [0.29, 0.717) is 10.0 Å². The summed E-state index contributed by atoms with van der Waals surface area (Å²) < 4.78 is 0.680. The van der Waals surface area contributed by atoms with Crippen LogP contribution in [0.3, 0.4) is 0 Å². The molecule has 1 fully saturated rings. The van der Waals surface area contributed by atoms with E-state index in [0.717, 1.165) is 18.4 Å². The molecule has 0 radical (unpaired) electrons. The van der Waals surface area contributed by atoms with E-state index in [1.165, 1.54) is 0 Å². The normalized spacial score (nSPS) is 16.1. The lowest BCUT2D eigenvalue weighted by Crippen LogP contribution is -2.42. The van der Waals surface area contributed by atoms with Crippen molar-refractivity contribution in [3.8, 4) is 0 Å². The number of halogens is 1. The maximum Gasteiger partial charge on any atom is 0.326 e. The number of carbonyl (C=O) groups is 2. The van der Waals surface area contributed by atoms with Gasteiger partial charge in [0.05, 0.1) is 5.56 Å². The van der Waals surface area contributed by atoms with Crippen LogP contribution in [0.5, 0.6) is 0 Å². The Hall–Kier alpha value is -1.36. The van der Waals surface area contributed by atoms with Crippen molar-refractivity contribution in [1.29, 1.82) is 0 Å². The first-order valence-corrected chi connectivity index (χ1v) is 6.58. The predicted molar refractivity (Wildman–Crippen MR) is 70.5 cm³/mol. The first-order chi connectivity index (χ1) is 8.49. The highest BCUT2D eigenvalue weighted by atomic mass is 79.9. The molecule has 0 aliphatic heterocycles. The van der Waals surface area contributed by atoms with Crippen molar-refractivity contribution in [1.82, 2.24) is 5.32 Å². The fourth-order valence-electron chi connectivity index (χ4n) is 1.83. The summed E-state index contributed by atoms with van der Waals surface area (Å²) >= 11 is 3.32. The molecule has 2 rings (SSSR count). The van der Waals surface area contributed by atoms with Crippen LogP contribution in [0, 0.1) is 12.8 Å². The molecule has 1 aliphatic carbocycles. The lowest BCUT2D eigenvalue weighted by Gasteiger charge is -2.14. The molecular weight excluding hydrogens is 298 g/mol. The van der Waals surface area contributed by atoms with Crippen LogP contribution in [0.25, 0.3) is 0 Å². The van der Waals surface area contributed by atoms with Gasteiger partial charge in [-0.1, -0.05) is 6.07 Å². The number of aryl methyl sites for hydroxylation is 1. The number of aliphatic carboxylic acids is 1. The molecule has 1 amide bonds. The molecule has 1 unspecified atom stereocenters. The van der Waals surface area contributed by atoms with Gasteiger partial charge in [-0.05, 0) is 59.3 Å². The van der Waals surface area contributed by atoms with Gasteiger partial charge in [-0.15, -0.1) is 0 Å². The van der Waals surface area contributed by atoms with E-state index in [1.54, 1.807) is 6.07 Å². The Morgan fingerprint density at radius 1 is 1.44 bits per heavy atom. The van der Waals surface area contributed by atoms with Crippen molar-refractivity contribution in [3.05, 3.63) is 33.8 Å². The Bertz CT molecular complexity index is 497. The summed E-state index contributed by atoms with van der Waals surface area (Å²) in [5, 5.41) is 11.7. The van der Waals surface area contributed by atoms with Gasteiger partial charge in [0.15, 0.2) is 0 Å². The molecule has 2 N–H and O–H groups in total. The first-order valence-electron chi connectivity index (χ1n) is 5.79. The Morgan fingerprint density at radius 2 is 2.11 bits per heavy atom. The number of carbonyl (C=O) groups excluding carboxylic acids is 1. The zero-order chi connectivity index (χ0) is 13.3. The number of amides is 1. The molecular formula is C13H14BrNO3. The number of rotatable bonds is 4. The lowest BCUT2D eigenvalue weighted by atomic mass is 10.1. The van der Waals surface area contributed by atoms with E-state index < -0.39 is 12.0 Å². The average molecular weight is 312 g/mol. The van der Waals surface area contributed by atoms with Crippen LogP contribution >= 0.6 is 15.9 Å². The monoisotopic (exact) mass is 311 g/mol. The Kier molecular flexibility index (Phi) is 3.71. The maximum absolute atomic E-state index is 12.0. The predicted octanol–water partition coefficient (Wildman–Crippen LogP) is 2.35. The highest BCUT2D eigenvalue weighted by Crippen LogP contribution is 2.33. The van der Waals surface area contributed by atoms with Crippen LogP contribution in [0.4, 0.5) is 0 Å². The summed E-state index contributed by atoms with van der Waals surface area (Å²) in [6, 6.07) is 4.58. The molecule has 1 aromatic rings. The smallest absolute Gasteiger partial charge is 0.326 e. The van der Waals surface area contributed by atoms with Crippen molar-refractivity contribution >= 4 is 27.8 Å². The number of nitrogens with one attached hydrogen (secondary N) is 1. The molecule has 1 atom stereocenters. The lowest BCUT2D eigenvalue weighted by molar-refractivity contribution is -0.139. The van der Waals surface area contributed by atoms with E-state index >= 15 is 0 Å². The van der Waals surface area contributed by atoms with Gasteiger partial charge in [0.1, 0.15) is 6.04 Å². The number of hydrogen-bond donors (Lipinski definition) is 2. The van der Waals surface area contributed by atoms with E-state index in [2.05, 4.69) is 21.2 Å². The average Bonchev–Trinajstić information content (AvgIpc) is 3.08. The molecule has 5 heteroatoms.